The number of carbonyl (C=O) groups excluding carboxylic acids is 2. The Morgan fingerprint density at radius 2 is 1.98 bits per heavy atom. The number of carbonyl (C=O) groups is 2. The van der Waals surface area contributed by atoms with E-state index in [1.165, 1.54) is 47.4 Å². The number of furan rings is 1. The first-order valence-corrected chi connectivity index (χ1v) is 15.5. The third-order valence-corrected chi connectivity index (χ3v) is 9.09. The van der Waals surface area contributed by atoms with Gasteiger partial charge in [-0.1, -0.05) is 78.7 Å². The first-order chi connectivity index (χ1) is 20.4. The van der Waals surface area contributed by atoms with Crippen molar-refractivity contribution in [1.29, 1.82) is 0 Å². The number of Topliss-reactive ketones (excluding diaryl/α,β-unsaturated/α-hetero) is 1. The molecular formula is C30H28ClN3O6S2. The van der Waals surface area contributed by atoms with Gasteiger partial charge in [-0.25, -0.2) is 0 Å². The standard InChI is InChI=1S/C30H28ClN3O6S2/c1-3-4-7-14-39-21-13-12-18(16-23(21)38-2)25-24(26(35)22-11-8-15-40-22)27(36)28(37)34(25)29-32-33-30(42-29)41-17-19-9-5-6-10-20(19)31/h5-6,8-13,15-16,25,36H,3-4,7,14,17H2,1-2H3. The van der Waals surface area contributed by atoms with Gasteiger partial charge >= 0.3 is 0 Å². The zero-order valence-electron chi connectivity index (χ0n) is 22.9. The zero-order valence-corrected chi connectivity index (χ0v) is 25.3. The number of amides is 1. The minimum Gasteiger partial charge on any atom is -0.503 e. The van der Waals surface area contributed by atoms with Crippen molar-refractivity contribution < 1.29 is 28.6 Å². The molecule has 2 aromatic carbocycles. The maximum Gasteiger partial charge on any atom is 0.296 e. The summed E-state index contributed by atoms with van der Waals surface area (Å²) in [5.74, 6) is -0.556. The Kier molecular flexibility index (Phi) is 9.51. The summed E-state index contributed by atoms with van der Waals surface area (Å²) < 4.78 is 17.4. The highest BCUT2D eigenvalue weighted by Crippen LogP contribution is 2.45. The average Bonchev–Trinajstić information content (AvgIpc) is 3.76. The van der Waals surface area contributed by atoms with E-state index >= 15 is 0 Å². The molecule has 0 bridgehead atoms. The SMILES string of the molecule is CCCCCOc1ccc(C2C(C(=O)c3ccco3)=C(O)C(=O)N2c2nnc(SCc3ccccc3Cl)s2)cc1OC. The van der Waals surface area contributed by atoms with Crippen molar-refractivity contribution in [2.45, 2.75) is 42.3 Å². The van der Waals surface area contributed by atoms with Crippen molar-refractivity contribution in [3.8, 4) is 11.5 Å². The van der Waals surface area contributed by atoms with Crippen LogP contribution in [0.5, 0.6) is 11.5 Å². The maximum atomic E-state index is 13.5. The normalized spacial score (nSPS) is 15.0. The van der Waals surface area contributed by atoms with Crippen molar-refractivity contribution in [3.63, 3.8) is 0 Å². The quantitative estimate of drug-likeness (QED) is 0.0700. The summed E-state index contributed by atoms with van der Waals surface area (Å²) in [6.45, 7) is 2.65. The fraction of sp³-hybridized carbons (Fsp3) is 0.267. The molecule has 1 aliphatic heterocycles. The number of aromatic nitrogens is 2. The molecule has 5 rings (SSSR count). The van der Waals surface area contributed by atoms with Crippen molar-refractivity contribution >= 4 is 51.5 Å². The molecule has 1 unspecified atom stereocenters. The van der Waals surface area contributed by atoms with Crippen LogP contribution in [-0.2, 0) is 10.5 Å². The van der Waals surface area contributed by atoms with Gasteiger partial charge in [0, 0.05) is 10.8 Å². The Labute approximate surface area is 256 Å². The van der Waals surface area contributed by atoms with Gasteiger partial charge < -0.3 is 19.0 Å². The molecule has 0 fully saturated rings. The Morgan fingerprint density at radius 3 is 2.71 bits per heavy atom. The Morgan fingerprint density at radius 1 is 1.14 bits per heavy atom. The van der Waals surface area contributed by atoms with E-state index in [-0.39, 0.29) is 16.5 Å². The molecule has 9 nitrogen and oxygen atoms in total. The van der Waals surface area contributed by atoms with Crippen molar-refractivity contribution in [2.24, 2.45) is 0 Å². The van der Waals surface area contributed by atoms with Gasteiger partial charge in [0.05, 0.1) is 31.6 Å². The third-order valence-electron chi connectivity index (χ3n) is 6.62. The molecule has 0 radical (unpaired) electrons. The number of aliphatic hydroxyl groups excluding tert-OH is 1. The number of rotatable bonds is 13. The molecule has 1 amide bonds. The lowest BCUT2D eigenvalue weighted by molar-refractivity contribution is -0.117. The Hall–Kier alpha value is -3.80. The van der Waals surface area contributed by atoms with Gasteiger partial charge in [0.15, 0.2) is 27.4 Å². The lowest BCUT2D eigenvalue weighted by Crippen LogP contribution is -2.31. The van der Waals surface area contributed by atoms with Gasteiger partial charge in [-0.05, 0) is 47.9 Å². The highest BCUT2D eigenvalue weighted by Gasteiger charge is 2.47. The summed E-state index contributed by atoms with van der Waals surface area (Å²) in [5, 5.41) is 20.4. The van der Waals surface area contributed by atoms with Gasteiger partial charge in [0.25, 0.3) is 5.91 Å². The molecule has 1 N–H and O–H groups in total. The number of thioether (sulfide) groups is 1. The molecule has 0 spiro atoms. The summed E-state index contributed by atoms with van der Waals surface area (Å²) in [6.07, 6.45) is 4.37. The molecule has 12 heteroatoms. The van der Waals surface area contributed by atoms with Crippen LogP contribution < -0.4 is 14.4 Å². The fourth-order valence-electron chi connectivity index (χ4n) is 4.51. The van der Waals surface area contributed by atoms with Crippen molar-refractivity contribution in [3.05, 3.63) is 94.1 Å². The van der Waals surface area contributed by atoms with Gasteiger partial charge in [0.2, 0.25) is 10.9 Å². The number of hydrogen-bond donors (Lipinski definition) is 1. The Balaban J connectivity index is 1.49. The number of aliphatic hydroxyl groups is 1. The van der Waals surface area contributed by atoms with Crippen molar-refractivity contribution in [1.82, 2.24) is 10.2 Å². The second-order valence-corrected chi connectivity index (χ2v) is 11.9. The van der Waals surface area contributed by atoms with Crippen LogP contribution in [-0.4, -0.2) is 40.7 Å². The van der Waals surface area contributed by atoms with E-state index in [4.69, 9.17) is 25.5 Å². The number of hydrogen-bond acceptors (Lipinski definition) is 10. The van der Waals surface area contributed by atoms with E-state index < -0.39 is 23.5 Å². The van der Waals surface area contributed by atoms with Crippen LogP contribution in [0.25, 0.3) is 0 Å². The molecule has 0 aliphatic carbocycles. The minimum atomic E-state index is -1.02. The lowest BCUT2D eigenvalue weighted by Gasteiger charge is -2.24. The number of ether oxygens (including phenoxy) is 2. The number of ketones is 1. The van der Waals surface area contributed by atoms with Gasteiger partial charge in [-0.2, -0.15) is 0 Å². The van der Waals surface area contributed by atoms with Gasteiger partial charge in [-0.3, -0.25) is 14.5 Å². The van der Waals surface area contributed by atoms with Crippen LogP contribution in [0.1, 0.15) is 53.9 Å². The summed E-state index contributed by atoms with van der Waals surface area (Å²) in [6, 6.07) is 14.7. The zero-order chi connectivity index (χ0) is 29.6. The first kappa shape index (κ1) is 29.7. The highest BCUT2D eigenvalue weighted by molar-refractivity contribution is 8.00. The second-order valence-electron chi connectivity index (χ2n) is 9.34. The predicted molar refractivity (Wildman–Crippen MR) is 162 cm³/mol. The number of methoxy groups -OCH3 is 1. The second kappa shape index (κ2) is 13.5. The van der Waals surface area contributed by atoms with E-state index in [0.717, 1.165) is 24.8 Å². The van der Waals surface area contributed by atoms with Crippen LogP contribution in [0.15, 0.2) is 80.9 Å². The lowest BCUT2D eigenvalue weighted by atomic mass is 9.95. The van der Waals surface area contributed by atoms with Crippen LogP contribution >= 0.6 is 34.7 Å². The molecule has 1 aliphatic rings. The van der Waals surface area contributed by atoms with Gasteiger partial charge in [-0.15, -0.1) is 10.2 Å². The molecule has 2 aromatic heterocycles. The van der Waals surface area contributed by atoms with Crippen LogP contribution in [0, 0.1) is 0 Å². The van der Waals surface area contributed by atoms with E-state index in [1.54, 1.807) is 24.3 Å². The maximum absolute atomic E-state index is 13.5. The largest absolute Gasteiger partial charge is 0.503 e. The number of nitrogens with zero attached hydrogens (tertiary/aromatic N) is 3. The molecular weight excluding hydrogens is 598 g/mol. The van der Waals surface area contributed by atoms with E-state index in [0.29, 0.717) is 38.8 Å². The third kappa shape index (κ3) is 6.18. The van der Waals surface area contributed by atoms with E-state index in [1.807, 2.05) is 24.3 Å². The van der Waals surface area contributed by atoms with E-state index in [9.17, 15) is 14.7 Å². The first-order valence-electron chi connectivity index (χ1n) is 13.3. The number of anilines is 1. The summed E-state index contributed by atoms with van der Waals surface area (Å²) in [7, 11) is 1.52. The molecule has 218 valence electrons. The fourth-order valence-corrected chi connectivity index (χ4v) is 6.66. The average molecular weight is 626 g/mol. The topological polar surface area (TPSA) is 115 Å². The summed E-state index contributed by atoms with van der Waals surface area (Å²) in [5.41, 5.74) is 1.32. The van der Waals surface area contributed by atoms with Gasteiger partial charge in [0.1, 0.15) is 0 Å². The number of benzene rings is 2. The molecule has 1 atom stereocenters. The number of halogens is 1. The highest BCUT2D eigenvalue weighted by atomic mass is 35.5. The molecule has 42 heavy (non-hydrogen) atoms. The number of unbranched alkanes of at least 4 members (excludes halogenated alkanes) is 2. The molecule has 0 saturated carbocycles. The smallest absolute Gasteiger partial charge is 0.296 e. The molecule has 4 aromatic rings. The monoisotopic (exact) mass is 625 g/mol. The predicted octanol–water partition coefficient (Wildman–Crippen LogP) is 7.44. The Bertz CT molecular complexity index is 1600. The van der Waals surface area contributed by atoms with Crippen molar-refractivity contribution in [2.75, 3.05) is 18.6 Å². The van der Waals surface area contributed by atoms with Crippen LogP contribution in [0.4, 0.5) is 5.13 Å². The molecule has 3 heterocycles. The minimum absolute atomic E-state index is 0.00714. The van der Waals surface area contributed by atoms with Crippen LogP contribution in [0.3, 0.4) is 0 Å². The van der Waals surface area contributed by atoms with E-state index in [2.05, 4.69) is 17.1 Å². The molecule has 0 saturated heterocycles. The summed E-state index contributed by atoms with van der Waals surface area (Å²) in [4.78, 5) is 28.4. The summed E-state index contributed by atoms with van der Waals surface area (Å²) >= 11 is 8.89. The van der Waals surface area contributed by atoms with Crippen LogP contribution in [0.2, 0.25) is 5.02 Å².